The molecule has 5 heteroatoms. The molecule has 2 atom stereocenters. The molecule has 2 rings (SSSR count). The highest BCUT2D eigenvalue weighted by Gasteiger charge is 2.34. The number of rotatable bonds is 5. The maximum Gasteiger partial charge on any atom is 0.222 e. The summed E-state index contributed by atoms with van der Waals surface area (Å²) in [6.07, 6.45) is 6.46. The normalized spacial score (nSPS) is 28.1. The predicted octanol–water partition coefficient (Wildman–Crippen LogP) is 0.776. The van der Waals surface area contributed by atoms with Crippen molar-refractivity contribution < 1.29 is 9.90 Å². The molecule has 2 aliphatic rings. The van der Waals surface area contributed by atoms with Gasteiger partial charge in [-0.2, -0.15) is 0 Å². The van der Waals surface area contributed by atoms with Gasteiger partial charge in [0.25, 0.3) is 0 Å². The summed E-state index contributed by atoms with van der Waals surface area (Å²) in [6.45, 7) is 4.58. The van der Waals surface area contributed by atoms with E-state index in [0.717, 1.165) is 13.0 Å². The number of hydrogen-bond acceptors (Lipinski definition) is 4. The minimum Gasteiger partial charge on any atom is -0.390 e. The maximum atomic E-state index is 12.2. The van der Waals surface area contributed by atoms with Crippen molar-refractivity contribution in [2.45, 2.75) is 50.7 Å². The van der Waals surface area contributed by atoms with E-state index >= 15 is 0 Å². The number of likely N-dealkylation sites (N-methyl/N-ethyl adjacent to an activating group) is 1. The van der Waals surface area contributed by atoms with E-state index < -0.39 is 6.10 Å². The van der Waals surface area contributed by atoms with Crippen molar-refractivity contribution in [1.29, 1.82) is 0 Å². The number of amides is 1. The van der Waals surface area contributed by atoms with Gasteiger partial charge in [-0.1, -0.05) is 12.8 Å². The van der Waals surface area contributed by atoms with Gasteiger partial charge in [-0.3, -0.25) is 4.79 Å². The quantitative estimate of drug-likeness (QED) is 0.814. The van der Waals surface area contributed by atoms with Crippen LogP contribution in [-0.4, -0.2) is 84.7 Å². The van der Waals surface area contributed by atoms with E-state index in [1.54, 1.807) is 0 Å². The van der Waals surface area contributed by atoms with Gasteiger partial charge in [-0.05, 0) is 53.0 Å². The summed E-state index contributed by atoms with van der Waals surface area (Å²) in [5, 5.41) is 10.00. The van der Waals surface area contributed by atoms with Gasteiger partial charge in [0.2, 0.25) is 5.91 Å². The first kappa shape index (κ1) is 16.7. The zero-order chi connectivity index (χ0) is 15.2. The highest BCUT2D eigenvalue weighted by Crippen LogP contribution is 2.16. The van der Waals surface area contributed by atoms with Crippen molar-refractivity contribution in [3.8, 4) is 0 Å². The molecular formula is C16H31N3O2. The Morgan fingerprint density at radius 3 is 2.38 bits per heavy atom. The third-order valence-corrected chi connectivity index (χ3v) is 4.84. The number of aliphatic hydroxyl groups is 1. The minimum absolute atomic E-state index is 0.0829. The van der Waals surface area contributed by atoms with Crippen LogP contribution >= 0.6 is 0 Å². The molecule has 2 saturated heterocycles. The van der Waals surface area contributed by atoms with Crippen molar-refractivity contribution in [2.24, 2.45) is 0 Å². The lowest BCUT2D eigenvalue weighted by Gasteiger charge is -2.22. The number of hydrogen-bond donors (Lipinski definition) is 1. The fourth-order valence-electron chi connectivity index (χ4n) is 3.45. The van der Waals surface area contributed by atoms with E-state index in [4.69, 9.17) is 0 Å². The molecule has 0 aromatic rings. The van der Waals surface area contributed by atoms with Gasteiger partial charge in [-0.25, -0.2) is 0 Å². The van der Waals surface area contributed by atoms with Crippen LogP contribution in [0.2, 0.25) is 0 Å². The van der Waals surface area contributed by atoms with Gasteiger partial charge in [-0.15, -0.1) is 0 Å². The molecule has 1 amide bonds. The van der Waals surface area contributed by atoms with Crippen molar-refractivity contribution in [2.75, 3.05) is 46.8 Å². The number of likely N-dealkylation sites (tertiary alicyclic amines) is 2. The van der Waals surface area contributed by atoms with E-state index in [2.05, 4.69) is 4.90 Å². The Balaban J connectivity index is 1.67. The lowest BCUT2D eigenvalue weighted by Crippen LogP contribution is -2.38. The van der Waals surface area contributed by atoms with Gasteiger partial charge < -0.3 is 19.8 Å². The molecule has 2 heterocycles. The molecule has 0 saturated carbocycles. The molecular weight excluding hydrogens is 266 g/mol. The second-order valence-corrected chi connectivity index (χ2v) is 6.76. The monoisotopic (exact) mass is 297 g/mol. The molecule has 0 bridgehead atoms. The van der Waals surface area contributed by atoms with Crippen LogP contribution < -0.4 is 0 Å². The summed E-state index contributed by atoms with van der Waals surface area (Å²) < 4.78 is 0. The predicted molar refractivity (Wildman–Crippen MR) is 84.2 cm³/mol. The second-order valence-electron chi connectivity index (χ2n) is 6.76. The largest absolute Gasteiger partial charge is 0.390 e. The minimum atomic E-state index is -0.408. The van der Waals surface area contributed by atoms with Crippen LogP contribution in [0.4, 0.5) is 0 Å². The first-order valence-corrected chi connectivity index (χ1v) is 8.42. The van der Waals surface area contributed by atoms with Crippen molar-refractivity contribution in [3.05, 3.63) is 0 Å². The van der Waals surface area contributed by atoms with Gasteiger partial charge in [0.15, 0.2) is 0 Å². The summed E-state index contributed by atoms with van der Waals surface area (Å²) in [7, 11) is 3.92. The second kappa shape index (κ2) is 8.11. The van der Waals surface area contributed by atoms with E-state index in [-0.39, 0.29) is 11.9 Å². The zero-order valence-electron chi connectivity index (χ0n) is 13.6. The van der Waals surface area contributed by atoms with Gasteiger partial charge in [0, 0.05) is 19.5 Å². The Kier molecular flexibility index (Phi) is 6.45. The van der Waals surface area contributed by atoms with Gasteiger partial charge >= 0.3 is 0 Å². The van der Waals surface area contributed by atoms with Crippen LogP contribution in [0.3, 0.4) is 0 Å². The fraction of sp³-hybridized carbons (Fsp3) is 0.938. The van der Waals surface area contributed by atoms with Gasteiger partial charge in [0.1, 0.15) is 0 Å². The van der Waals surface area contributed by atoms with E-state index in [0.29, 0.717) is 19.5 Å². The van der Waals surface area contributed by atoms with E-state index in [1.807, 2.05) is 23.9 Å². The van der Waals surface area contributed by atoms with Crippen LogP contribution in [0.25, 0.3) is 0 Å². The third-order valence-electron chi connectivity index (χ3n) is 4.84. The van der Waals surface area contributed by atoms with E-state index in [9.17, 15) is 9.90 Å². The van der Waals surface area contributed by atoms with Crippen molar-refractivity contribution in [1.82, 2.24) is 14.7 Å². The number of nitrogens with zero attached hydrogens (tertiary/aromatic N) is 3. The molecule has 5 nitrogen and oxygen atoms in total. The smallest absolute Gasteiger partial charge is 0.222 e. The lowest BCUT2D eigenvalue weighted by atomic mass is 10.2. The highest BCUT2D eigenvalue weighted by atomic mass is 16.3. The van der Waals surface area contributed by atoms with Crippen LogP contribution in [0, 0.1) is 0 Å². The SMILES string of the molecule is CN(C)[C@H]1CN(C(=O)CCCN2CCCCCC2)C[C@@H]1O. The standard InChI is InChI=1S/C16H31N3O2/c1-17(2)14-12-19(13-15(14)20)16(21)8-7-11-18-9-5-3-4-6-10-18/h14-15,20H,3-13H2,1-2H3/t14-,15-/m0/s1. The topological polar surface area (TPSA) is 47.0 Å². The Morgan fingerprint density at radius 2 is 1.81 bits per heavy atom. The van der Waals surface area contributed by atoms with Crippen molar-refractivity contribution >= 4 is 5.91 Å². The summed E-state index contributed by atoms with van der Waals surface area (Å²) >= 11 is 0. The molecule has 122 valence electrons. The van der Waals surface area contributed by atoms with E-state index in [1.165, 1.54) is 38.8 Å². The van der Waals surface area contributed by atoms with Crippen LogP contribution in [-0.2, 0) is 4.79 Å². The molecule has 0 spiro atoms. The third kappa shape index (κ3) is 4.94. The molecule has 2 fully saturated rings. The first-order valence-electron chi connectivity index (χ1n) is 8.42. The summed E-state index contributed by atoms with van der Waals surface area (Å²) in [5.41, 5.74) is 0. The Morgan fingerprint density at radius 1 is 1.14 bits per heavy atom. The average Bonchev–Trinajstić information content (AvgIpc) is 2.67. The fourth-order valence-corrected chi connectivity index (χ4v) is 3.45. The summed E-state index contributed by atoms with van der Waals surface area (Å²) in [4.78, 5) is 18.6. The van der Waals surface area contributed by atoms with Crippen LogP contribution in [0.15, 0.2) is 0 Å². The number of aliphatic hydroxyl groups excluding tert-OH is 1. The molecule has 1 N–H and O–H groups in total. The molecule has 0 aliphatic carbocycles. The molecule has 0 aromatic heterocycles. The Bertz CT molecular complexity index is 327. The maximum absolute atomic E-state index is 12.2. The molecule has 0 unspecified atom stereocenters. The van der Waals surface area contributed by atoms with Crippen molar-refractivity contribution in [3.63, 3.8) is 0 Å². The zero-order valence-corrected chi connectivity index (χ0v) is 13.6. The number of β-amino-alcohol motifs (C(OH)–C–C–N with tert-alkyl or cyclic N) is 1. The number of carbonyl (C=O) groups is 1. The molecule has 0 aromatic carbocycles. The Hall–Kier alpha value is -0.650. The summed E-state index contributed by atoms with van der Waals surface area (Å²) in [6, 6.07) is 0.0829. The molecule has 0 radical (unpaired) electrons. The molecule has 2 aliphatic heterocycles. The summed E-state index contributed by atoms with van der Waals surface area (Å²) in [5.74, 6) is 0.202. The number of carbonyl (C=O) groups excluding carboxylic acids is 1. The average molecular weight is 297 g/mol. The van der Waals surface area contributed by atoms with Gasteiger partial charge in [0.05, 0.1) is 12.1 Å². The molecule has 21 heavy (non-hydrogen) atoms. The Labute approximate surface area is 128 Å². The first-order chi connectivity index (χ1) is 10.1. The highest BCUT2D eigenvalue weighted by molar-refractivity contribution is 5.76. The van der Waals surface area contributed by atoms with Crippen LogP contribution in [0.1, 0.15) is 38.5 Å². The lowest BCUT2D eigenvalue weighted by molar-refractivity contribution is -0.130. The van der Waals surface area contributed by atoms with Crippen LogP contribution in [0.5, 0.6) is 0 Å².